The van der Waals surface area contributed by atoms with Crippen molar-refractivity contribution in [3.05, 3.63) is 34.9 Å². The quantitative estimate of drug-likeness (QED) is 0.826. The van der Waals surface area contributed by atoms with Crippen LogP contribution in [0.5, 0.6) is 0 Å². The van der Waals surface area contributed by atoms with E-state index in [2.05, 4.69) is 24.4 Å². The normalized spacial score (nSPS) is 18.5. The third-order valence-electron chi connectivity index (χ3n) is 3.47. The third kappa shape index (κ3) is 2.04. The summed E-state index contributed by atoms with van der Waals surface area (Å²) >= 11 is 6.27. The van der Waals surface area contributed by atoms with Crippen LogP contribution in [0.15, 0.2) is 24.3 Å². The van der Waals surface area contributed by atoms with E-state index in [0.29, 0.717) is 5.41 Å². The molecule has 2 heteroatoms. The molecule has 1 N–H and O–H groups in total. The molecule has 0 heterocycles. The van der Waals surface area contributed by atoms with Gasteiger partial charge in [0, 0.05) is 17.0 Å². The summed E-state index contributed by atoms with van der Waals surface area (Å²) < 4.78 is 0. The lowest BCUT2D eigenvalue weighted by Crippen LogP contribution is -2.44. The first kappa shape index (κ1) is 11.0. The van der Waals surface area contributed by atoms with Crippen LogP contribution in [0.3, 0.4) is 0 Å². The largest absolute Gasteiger partial charge is 0.316 e. The van der Waals surface area contributed by atoms with E-state index in [-0.39, 0.29) is 0 Å². The molecule has 1 aliphatic rings. The average Bonchev–Trinajstić information content (AvgIpc) is 2.19. The molecule has 1 aliphatic carbocycles. The van der Waals surface area contributed by atoms with Crippen molar-refractivity contribution in [1.82, 2.24) is 5.32 Å². The molecule has 1 aromatic rings. The van der Waals surface area contributed by atoms with Crippen LogP contribution in [0.2, 0.25) is 5.02 Å². The molecule has 0 saturated heterocycles. The molecule has 1 saturated carbocycles. The smallest absolute Gasteiger partial charge is 0.0444 e. The Bertz CT molecular complexity index is 331. The van der Waals surface area contributed by atoms with Crippen molar-refractivity contribution in [3.8, 4) is 0 Å². The summed E-state index contributed by atoms with van der Waals surface area (Å²) in [6.07, 6.45) is 3.87. The monoisotopic (exact) mass is 223 g/mol. The fourth-order valence-electron chi connectivity index (χ4n) is 2.40. The van der Waals surface area contributed by atoms with Gasteiger partial charge in [-0.2, -0.15) is 0 Å². The molecule has 0 aromatic heterocycles. The lowest BCUT2D eigenvalue weighted by Gasteiger charge is -2.43. The number of nitrogens with one attached hydrogen (secondary N) is 1. The van der Waals surface area contributed by atoms with Gasteiger partial charge in [0.2, 0.25) is 0 Å². The minimum Gasteiger partial charge on any atom is -0.316 e. The third-order valence-corrected chi connectivity index (χ3v) is 3.80. The Morgan fingerprint density at radius 2 is 2.07 bits per heavy atom. The summed E-state index contributed by atoms with van der Waals surface area (Å²) in [5.41, 5.74) is 1.65. The minimum absolute atomic E-state index is 0.314. The van der Waals surface area contributed by atoms with Crippen LogP contribution in [0.25, 0.3) is 0 Å². The molecule has 0 unspecified atom stereocenters. The summed E-state index contributed by atoms with van der Waals surface area (Å²) in [5, 5.41) is 4.38. The maximum absolute atomic E-state index is 6.27. The Morgan fingerprint density at radius 1 is 1.33 bits per heavy atom. The number of rotatable bonds is 4. The van der Waals surface area contributed by atoms with Crippen molar-refractivity contribution in [3.63, 3.8) is 0 Å². The summed E-state index contributed by atoms with van der Waals surface area (Å²) in [6.45, 7) is 4.25. The number of hydrogen-bond acceptors (Lipinski definition) is 1. The first-order valence-electron chi connectivity index (χ1n) is 5.74. The molecule has 0 spiro atoms. The molecule has 0 aliphatic heterocycles. The van der Waals surface area contributed by atoms with Gasteiger partial charge in [-0.3, -0.25) is 0 Å². The number of benzene rings is 1. The van der Waals surface area contributed by atoms with E-state index in [1.807, 2.05) is 12.1 Å². The van der Waals surface area contributed by atoms with Crippen LogP contribution in [-0.2, 0) is 5.41 Å². The van der Waals surface area contributed by atoms with Crippen molar-refractivity contribution in [2.75, 3.05) is 13.1 Å². The highest BCUT2D eigenvalue weighted by Gasteiger charge is 2.39. The van der Waals surface area contributed by atoms with Crippen molar-refractivity contribution in [2.24, 2.45) is 0 Å². The highest BCUT2D eigenvalue weighted by atomic mass is 35.5. The Hall–Kier alpha value is -0.530. The molecule has 0 amide bonds. The fourth-order valence-corrected chi connectivity index (χ4v) is 2.74. The van der Waals surface area contributed by atoms with Crippen LogP contribution in [0.4, 0.5) is 0 Å². The van der Waals surface area contributed by atoms with Crippen molar-refractivity contribution >= 4 is 11.6 Å². The zero-order chi connectivity index (χ0) is 10.7. The lowest BCUT2D eigenvalue weighted by atomic mass is 9.64. The summed E-state index contributed by atoms with van der Waals surface area (Å²) in [7, 11) is 0. The molecule has 82 valence electrons. The van der Waals surface area contributed by atoms with Crippen LogP contribution < -0.4 is 5.32 Å². The first-order valence-corrected chi connectivity index (χ1v) is 6.12. The minimum atomic E-state index is 0.314. The fraction of sp³-hybridized carbons (Fsp3) is 0.538. The van der Waals surface area contributed by atoms with Crippen LogP contribution in [-0.4, -0.2) is 13.1 Å². The van der Waals surface area contributed by atoms with Crippen LogP contribution in [0.1, 0.15) is 31.7 Å². The van der Waals surface area contributed by atoms with Crippen molar-refractivity contribution < 1.29 is 0 Å². The SMILES string of the molecule is CCNCC1(c2ccccc2Cl)CCC1. The molecule has 2 rings (SSSR count). The van der Waals surface area contributed by atoms with E-state index in [9.17, 15) is 0 Å². The summed E-state index contributed by atoms with van der Waals surface area (Å²) in [6, 6.07) is 8.28. The van der Waals surface area contributed by atoms with E-state index < -0.39 is 0 Å². The van der Waals surface area contributed by atoms with Crippen LogP contribution in [0, 0.1) is 0 Å². The van der Waals surface area contributed by atoms with Gasteiger partial charge in [-0.15, -0.1) is 0 Å². The highest BCUT2D eigenvalue weighted by Crippen LogP contribution is 2.45. The second kappa shape index (κ2) is 4.54. The Kier molecular flexibility index (Phi) is 3.32. The Morgan fingerprint density at radius 3 is 2.60 bits per heavy atom. The molecule has 1 nitrogen and oxygen atoms in total. The van der Waals surface area contributed by atoms with Gasteiger partial charge in [-0.1, -0.05) is 43.1 Å². The zero-order valence-corrected chi connectivity index (χ0v) is 9.98. The number of hydrogen-bond donors (Lipinski definition) is 1. The second-order valence-corrected chi connectivity index (χ2v) is 4.80. The van der Waals surface area contributed by atoms with E-state index in [1.165, 1.54) is 24.8 Å². The van der Waals surface area contributed by atoms with E-state index in [0.717, 1.165) is 18.1 Å². The highest BCUT2D eigenvalue weighted by molar-refractivity contribution is 6.31. The van der Waals surface area contributed by atoms with Gasteiger partial charge >= 0.3 is 0 Å². The molecular formula is C13H18ClN. The van der Waals surface area contributed by atoms with Crippen molar-refractivity contribution in [2.45, 2.75) is 31.6 Å². The number of halogens is 1. The van der Waals surface area contributed by atoms with Gasteiger partial charge in [-0.25, -0.2) is 0 Å². The van der Waals surface area contributed by atoms with Gasteiger partial charge in [0.1, 0.15) is 0 Å². The molecule has 0 radical (unpaired) electrons. The standard InChI is InChI=1S/C13H18ClN/c1-2-15-10-13(8-5-9-13)11-6-3-4-7-12(11)14/h3-4,6-7,15H,2,5,8-10H2,1H3. The summed E-state index contributed by atoms with van der Waals surface area (Å²) in [5.74, 6) is 0. The van der Waals surface area contributed by atoms with Gasteiger partial charge in [0.25, 0.3) is 0 Å². The van der Waals surface area contributed by atoms with E-state index >= 15 is 0 Å². The first-order chi connectivity index (χ1) is 7.28. The topological polar surface area (TPSA) is 12.0 Å². The molecule has 1 aromatic carbocycles. The second-order valence-electron chi connectivity index (χ2n) is 4.39. The van der Waals surface area contributed by atoms with Gasteiger partial charge in [-0.05, 0) is 31.0 Å². The predicted molar refractivity (Wildman–Crippen MR) is 65.5 cm³/mol. The molecule has 0 bridgehead atoms. The zero-order valence-electron chi connectivity index (χ0n) is 9.22. The Balaban J connectivity index is 2.22. The maximum atomic E-state index is 6.27. The predicted octanol–water partition coefficient (Wildman–Crippen LogP) is 3.37. The van der Waals surface area contributed by atoms with E-state index in [1.54, 1.807) is 0 Å². The Labute approximate surface area is 96.8 Å². The summed E-state index contributed by atoms with van der Waals surface area (Å²) in [4.78, 5) is 0. The van der Waals surface area contributed by atoms with Crippen LogP contribution >= 0.6 is 11.6 Å². The number of likely N-dealkylation sites (N-methyl/N-ethyl adjacent to an activating group) is 1. The maximum Gasteiger partial charge on any atom is 0.0444 e. The molecule has 0 atom stereocenters. The average molecular weight is 224 g/mol. The molecule has 15 heavy (non-hydrogen) atoms. The van der Waals surface area contributed by atoms with Crippen molar-refractivity contribution in [1.29, 1.82) is 0 Å². The van der Waals surface area contributed by atoms with Gasteiger partial charge in [0.05, 0.1) is 0 Å². The lowest BCUT2D eigenvalue weighted by molar-refractivity contribution is 0.235. The van der Waals surface area contributed by atoms with Gasteiger partial charge < -0.3 is 5.32 Å². The molecular weight excluding hydrogens is 206 g/mol. The van der Waals surface area contributed by atoms with E-state index in [4.69, 9.17) is 11.6 Å². The molecule has 1 fully saturated rings. The van der Waals surface area contributed by atoms with Gasteiger partial charge in [0.15, 0.2) is 0 Å².